The lowest BCUT2D eigenvalue weighted by Gasteiger charge is -2.10. The number of aryl methyl sites for hydroxylation is 2. The van der Waals surface area contributed by atoms with Gasteiger partial charge in [-0.15, -0.1) is 0 Å². The molecule has 1 aromatic carbocycles. The fraction of sp³-hybridized carbons (Fsp3) is 0.188. The molecule has 0 aliphatic heterocycles. The van der Waals surface area contributed by atoms with Gasteiger partial charge in [-0.3, -0.25) is 25.4 Å². The lowest BCUT2D eigenvalue weighted by molar-refractivity contribution is -0.123. The molecule has 2 aromatic rings. The van der Waals surface area contributed by atoms with Crippen LogP contribution in [0.25, 0.3) is 0 Å². The van der Waals surface area contributed by atoms with E-state index in [0.29, 0.717) is 15.8 Å². The van der Waals surface area contributed by atoms with Gasteiger partial charge < -0.3 is 4.74 Å². The number of ether oxygens (including phenoxy) is 1. The highest BCUT2D eigenvalue weighted by Gasteiger charge is 2.09. The topological polar surface area (TPSA) is 80.3 Å². The van der Waals surface area contributed by atoms with E-state index in [0.717, 1.165) is 11.1 Å². The molecule has 0 saturated heterocycles. The summed E-state index contributed by atoms with van der Waals surface area (Å²) in [6, 6.07) is 7.29. The Kier molecular flexibility index (Phi) is 5.70. The summed E-state index contributed by atoms with van der Waals surface area (Å²) in [5.41, 5.74) is 7.03. The molecule has 2 N–H and O–H groups in total. The van der Waals surface area contributed by atoms with Crippen molar-refractivity contribution in [3.8, 4) is 5.75 Å². The van der Waals surface area contributed by atoms with Crippen molar-refractivity contribution >= 4 is 27.7 Å². The summed E-state index contributed by atoms with van der Waals surface area (Å²) in [5.74, 6) is -0.306. The van der Waals surface area contributed by atoms with E-state index in [4.69, 9.17) is 4.74 Å². The van der Waals surface area contributed by atoms with Gasteiger partial charge in [0.15, 0.2) is 6.61 Å². The third-order valence-electron chi connectivity index (χ3n) is 2.85. The Bertz CT molecular complexity index is 714. The Labute approximate surface area is 142 Å². The van der Waals surface area contributed by atoms with Crippen molar-refractivity contribution in [1.29, 1.82) is 0 Å². The van der Waals surface area contributed by atoms with Crippen LogP contribution in [0.1, 0.15) is 21.5 Å². The second kappa shape index (κ2) is 7.73. The molecule has 1 heterocycles. The maximum absolute atomic E-state index is 11.8. The van der Waals surface area contributed by atoms with Crippen LogP contribution < -0.4 is 15.6 Å². The highest BCUT2D eigenvalue weighted by Crippen LogP contribution is 2.15. The Morgan fingerprint density at radius 1 is 1.09 bits per heavy atom. The van der Waals surface area contributed by atoms with Gasteiger partial charge >= 0.3 is 0 Å². The van der Waals surface area contributed by atoms with Crippen LogP contribution in [-0.2, 0) is 4.79 Å². The van der Waals surface area contributed by atoms with Gasteiger partial charge in [0.2, 0.25) is 0 Å². The Balaban J connectivity index is 1.82. The van der Waals surface area contributed by atoms with Gasteiger partial charge in [-0.1, -0.05) is 6.07 Å². The van der Waals surface area contributed by atoms with E-state index in [9.17, 15) is 9.59 Å². The molecule has 0 aliphatic carbocycles. The fourth-order valence-corrected chi connectivity index (χ4v) is 2.30. The Morgan fingerprint density at radius 2 is 1.78 bits per heavy atom. The lowest BCUT2D eigenvalue weighted by atomic mass is 10.1. The highest BCUT2D eigenvalue weighted by molar-refractivity contribution is 9.10. The first kappa shape index (κ1) is 17.0. The van der Waals surface area contributed by atoms with Crippen LogP contribution in [-0.4, -0.2) is 23.4 Å². The van der Waals surface area contributed by atoms with Crippen LogP contribution in [0.5, 0.6) is 5.75 Å². The van der Waals surface area contributed by atoms with Gasteiger partial charge in [0.25, 0.3) is 11.8 Å². The number of nitrogens with one attached hydrogen (secondary N) is 2. The molecular formula is C16H16BrN3O3. The summed E-state index contributed by atoms with van der Waals surface area (Å²) in [6.07, 6.45) is 2.96. The molecule has 6 nitrogen and oxygen atoms in total. The first-order valence-electron chi connectivity index (χ1n) is 6.85. The molecule has 0 spiro atoms. The van der Waals surface area contributed by atoms with Crippen molar-refractivity contribution in [1.82, 2.24) is 15.8 Å². The minimum Gasteiger partial charge on any atom is -0.484 e. The second-order valence-corrected chi connectivity index (χ2v) is 5.92. The molecule has 0 aliphatic rings. The van der Waals surface area contributed by atoms with Crippen molar-refractivity contribution < 1.29 is 14.3 Å². The predicted molar refractivity (Wildman–Crippen MR) is 89.0 cm³/mol. The molecule has 0 saturated carbocycles. The maximum atomic E-state index is 11.8. The molecule has 0 fully saturated rings. The van der Waals surface area contributed by atoms with Crippen molar-refractivity contribution in [2.75, 3.05) is 6.61 Å². The molecule has 7 heteroatoms. The minimum absolute atomic E-state index is 0.195. The molecule has 120 valence electrons. The van der Waals surface area contributed by atoms with Gasteiger partial charge in [0.05, 0.1) is 5.56 Å². The molecule has 2 amide bonds. The molecule has 0 atom stereocenters. The van der Waals surface area contributed by atoms with Crippen LogP contribution >= 0.6 is 15.9 Å². The zero-order chi connectivity index (χ0) is 16.8. The number of benzene rings is 1. The molecule has 2 rings (SSSR count). The van der Waals surface area contributed by atoms with Gasteiger partial charge in [0, 0.05) is 16.9 Å². The fourth-order valence-electron chi connectivity index (χ4n) is 1.94. The number of hydrazine groups is 1. The quantitative estimate of drug-likeness (QED) is 0.801. The molecule has 0 radical (unpaired) electrons. The number of halogens is 1. The number of amides is 2. The third kappa shape index (κ3) is 5.37. The van der Waals surface area contributed by atoms with E-state index in [1.54, 1.807) is 12.3 Å². The third-order valence-corrected chi connectivity index (χ3v) is 3.28. The number of hydrogen-bond acceptors (Lipinski definition) is 4. The summed E-state index contributed by atoms with van der Waals surface area (Å²) < 4.78 is 6.08. The SMILES string of the molecule is Cc1cc(C)cc(OCC(=O)NNC(=O)c2cncc(Br)c2)c1. The second-order valence-electron chi connectivity index (χ2n) is 5.01. The van der Waals surface area contributed by atoms with Crippen LogP contribution in [0.4, 0.5) is 0 Å². The number of pyridine rings is 1. The van der Waals surface area contributed by atoms with Crippen LogP contribution in [0, 0.1) is 13.8 Å². The highest BCUT2D eigenvalue weighted by atomic mass is 79.9. The lowest BCUT2D eigenvalue weighted by Crippen LogP contribution is -2.43. The van der Waals surface area contributed by atoms with Crippen molar-refractivity contribution in [3.63, 3.8) is 0 Å². The number of hydrogen-bond donors (Lipinski definition) is 2. The molecule has 23 heavy (non-hydrogen) atoms. The van der Waals surface area contributed by atoms with E-state index >= 15 is 0 Å². The summed E-state index contributed by atoms with van der Waals surface area (Å²) >= 11 is 3.22. The van der Waals surface area contributed by atoms with Crippen LogP contribution in [0.2, 0.25) is 0 Å². The minimum atomic E-state index is -0.460. The Hall–Kier alpha value is -2.41. The van der Waals surface area contributed by atoms with Crippen LogP contribution in [0.3, 0.4) is 0 Å². The maximum Gasteiger partial charge on any atom is 0.276 e. The summed E-state index contributed by atoms with van der Waals surface area (Å²) in [7, 11) is 0. The van der Waals surface area contributed by atoms with E-state index < -0.39 is 11.8 Å². The summed E-state index contributed by atoms with van der Waals surface area (Å²) in [5, 5.41) is 0. The van der Waals surface area contributed by atoms with Crippen molar-refractivity contribution in [2.24, 2.45) is 0 Å². The number of aromatic nitrogens is 1. The zero-order valence-electron chi connectivity index (χ0n) is 12.7. The largest absolute Gasteiger partial charge is 0.484 e. The normalized spacial score (nSPS) is 10.0. The summed E-state index contributed by atoms with van der Waals surface area (Å²) in [6.45, 7) is 3.71. The standard InChI is InChI=1S/C16H16BrN3O3/c1-10-3-11(2)5-14(4-10)23-9-15(21)19-20-16(22)12-6-13(17)8-18-7-12/h3-8H,9H2,1-2H3,(H,19,21)(H,20,22). The average molecular weight is 378 g/mol. The average Bonchev–Trinajstić information content (AvgIpc) is 2.49. The van der Waals surface area contributed by atoms with Gasteiger partial charge in [-0.25, -0.2) is 0 Å². The summed E-state index contributed by atoms with van der Waals surface area (Å²) in [4.78, 5) is 27.4. The zero-order valence-corrected chi connectivity index (χ0v) is 14.3. The van der Waals surface area contributed by atoms with E-state index in [1.807, 2.05) is 32.0 Å². The molecule has 0 unspecified atom stereocenters. The predicted octanol–water partition coefficient (Wildman–Crippen LogP) is 2.30. The number of carbonyl (C=O) groups is 2. The van der Waals surface area contributed by atoms with Gasteiger partial charge in [-0.05, 0) is 59.1 Å². The Morgan fingerprint density at radius 3 is 2.43 bits per heavy atom. The van der Waals surface area contributed by atoms with Crippen LogP contribution in [0.15, 0.2) is 41.1 Å². The van der Waals surface area contributed by atoms with E-state index in [-0.39, 0.29) is 6.61 Å². The monoisotopic (exact) mass is 377 g/mol. The molecule has 1 aromatic heterocycles. The van der Waals surface area contributed by atoms with Crippen molar-refractivity contribution in [3.05, 3.63) is 57.8 Å². The van der Waals surface area contributed by atoms with E-state index in [1.165, 1.54) is 6.20 Å². The number of carbonyl (C=O) groups excluding carboxylic acids is 2. The first-order chi connectivity index (χ1) is 10.9. The molecular weight excluding hydrogens is 362 g/mol. The number of nitrogens with zero attached hydrogens (tertiary/aromatic N) is 1. The van der Waals surface area contributed by atoms with E-state index in [2.05, 4.69) is 31.8 Å². The van der Waals surface area contributed by atoms with Crippen molar-refractivity contribution in [2.45, 2.75) is 13.8 Å². The first-order valence-corrected chi connectivity index (χ1v) is 7.64. The smallest absolute Gasteiger partial charge is 0.276 e. The molecule has 0 bridgehead atoms. The number of rotatable bonds is 4. The van der Waals surface area contributed by atoms with Gasteiger partial charge in [0.1, 0.15) is 5.75 Å². The van der Waals surface area contributed by atoms with Gasteiger partial charge in [-0.2, -0.15) is 0 Å².